The Morgan fingerprint density at radius 1 is 0.958 bits per heavy atom. The van der Waals surface area contributed by atoms with Gasteiger partial charge in [-0.3, -0.25) is 4.79 Å². The molecule has 2 heteroatoms. The van der Waals surface area contributed by atoms with Crippen LogP contribution in [0.2, 0.25) is 0 Å². The van der Waals surface area contributed by atoms with Crippen molar-refractivity contribution in [3.8, 4) is 0 Å². The first-order chi connectivity index (χ1) is 11.5. The van der Waals surface area contributed by atoms with E-state index >= 15 is 0 Å². The molecule has 2 rings (SSSR count). The molecular weight excluding hydrogens is 296 g/mol. The lowest BCUT2D eigenvalue weighted by molar-refractivity contribution is -0.138. The van der Waals surface area contributed by atoms with E-state index in [-0.39, 0.29) is 12.3 Å². The van der Waals surface area contributed by atoms with Crippen LogP contribution in [0.3, 0.4) is 0 Å². The fraction of sp³-hybridized carbons (Fsp3) is 0.409. The highest BCUT2D eigenvalue weighted by molar-refractivity contribution is 5.66. The maximum Gasteiger partial charge on any atom is 0.303 e. The molecule has 3 atom stereocenters. The highest BCUT2D eigenvalue weighted by Gasteiger charge is 2.24. The molecule has 3 unspecified atom stereocenters. The third-order valence-corrected chi connectivity index (χ3v) is 4.92. The average Bonchev–Trinajstić information content (AvgIpc) is 2.59. The molecule has 24 heavy (non-hydrogen) atoms. The van der Waals surface area contributed by atoms with Gasteiger partial charge in [-0.05, 0) is 47.3 Å². The summed E-state index contributed by atoms with van der Waals surface area (Å²) in [5.41, 5.74) is 3.95. The molecule has 0 aliphatic carbocycles. The Labute approximate surface area is 145 Å². The molecule has 2 aromatic carbocycles. The first-order valence-corrected chi connectivity index (χ1v) is 8.86. The fourth-order valence-electron chi connectivity index (χ4n) is 3.43. The van der Waals surface area contributed by atoms with Gasteiger partial charge < -0.3 is 5.11 Å². The molecule has 2 aromatic rings. The largest absolute Gasteiger partial charge is 0.481 e. The van der Waals surface area contributed by atoms with Gasteiger partial charge in [0.1, 0.15) is 0 Å². The minimum Gasteiger partial charge on any atom is -0.481 e. The van der Waals surface area contributed by atoms with Crippen molar-refractivity contribution in [1.82, 2.24) is 0 Å². The first kappa shape index (κ1) is 18.3. The van der Waals surface area contributed by atoms with E-state index in [4.69, 9.17) is 5.11 Å². The monoisotopic (exact) mass is 324 g/mol. The summed E-state index contributed by atoms with van der Waals surface area (Å²) in [5.74, 6) is 0.127. The van der Waals surface area contributed by atoms with Gasteiger partial charge in [0, 0.05) is 6.42 Å². The van der Waals surface area contributed by atoms with Crippen LogP contribution in [0.25, 0.3) is 0 Å². The van der Waals surface area contributed by atoms with E-state index in [0.29, 0.717) is 11.8 Å². The molecule has 0 heterocycles. The number of aliphatic carboxylic acids is 1. The summed E-state index contributed by atoms with van der Waals surface area (Å²) in [7, 11) is 0. The molecule has 2 nitrogen and oxygen atoms in total. The van der Waals surface area contributed by atoms with Crippen LogP contribution >= 0.6 is 0 Å². The third kappa shape index (κ3) is 4.95. The van der Waals surface area contributed by atoms with Crippen molar-refractivity contribution >= 4 is 5.97 Å². The SMILES string of the molecule is CCc1ccc(C(CC(C)CC(=O)O)C(C)c2ccccc2)cc1. The van der Waals surface area contributed by atoms with Crippen LogP contribution in [0.4, 0.5) is 0 Å². The standard InChI is InChI=1S/C22H28O2/c1-4-18-10-12-20(13-11-18)21(14-16(2)15-22(23)24)17(3)19-8-6-5-7-9-19/h5-13,16-17,21H,4,14-15H2,1-3H3,(H,23,24). The number of aryl methyl sites for hydroxylation is 1. The van der Waals surface area contributed by atoms with Crippen molar-refractivity contribution in [2.24, 2.45) is 5.92 Å². The molecule has 0 bridgehead atoms. The van der Waals surface area contributed by atoms with E-state index in [1.165, 1.54) is 16.7 Å². The van der Waals surface area contributed by atoms with Crippen molar-refractivity contribution in [3.05, 3.63) is 71.3 Å². The van der Waals surface area contributed by atoms with Gasteiger partial charge in [-0.15, -0.1) is 0 Å². The van der Waals surface area contributed by atoms with Gasteiger partial charge >= 0.3 is 5.97 Å². The lowest BCUT2D eigenvalue weighted by Crippen LogP contribution is -2.14. The molecule has 0 spiro atoms. The molecule has 0 saturated heterocycles. The Hall–Kier alpha value is -2.09. The van der Waals surface area contributed by atoms with Gasteiger partial charge in [-0.1, -0.05) is 75.4 Å². The molecular formula is C22H28O2. The number of hydrogen-bond donors (Lipinski definition) is 1. The van der Waals surface area contributed by atoms with Crippen molar-refractivity contribution in [3.63, 3.8) is 0 Å². The molecule has 1 N–H and O–H groups in total. The molecule has 0 aliphatic heterocycles. The molecule has 0 fully saturated rings. The van der Waals surface area contributed by atoms with Crippen LogP contribution in [0.5, 0.6) is 0 Å². The van der Waals surface area contributed by atoms with E-state index in [9.17, 15) is 4.79 Å². The summed E-state index contributed by atoms with van der Waals surface area (Å²) in [6.45, 7) is 6.45. The van der Waals surface area contributed by atoms with Crippen LogP contribution in [0, 0.1) is 5.92 Å². The zero-order valence-corrected chi connectivity index (χ0v) is 14.9. The van der Waals surface area contributed by atoms with E-state index in [1.54, 1.807) is 0 Å². The van der Waals surface area contributed by atoms with Crippen LogP contribution in [-0.2, 0) is 11.2 Å². The van der Waals surface area contributed by atoms with E-state index in [2.05, 4.69) is 62.4 Å². The number of carbonyl (C=O) groups is 1. The van der Waals surface area contributed by atoms with Crippen molar-refractivity contribution < 1.29 is 9.90 Å². The Morgan fingerprint density at radius 3 is 2.12 bits per heavy atom. The maximum atomic E-state index is 11.1. The number of carboxylic acids is 1. The molecule has 0 aromatic heterocycles. The van der Waals surface area contributed by atoms with Crippen molar-refractivity contribution in [2.45, 2.75) is 51.9 Å². The Kier molecular flexibility index (Phi) is 6.60. The van der Waals surface area contributed by atoms with Gasteiger partial charge in [0.2, 0.25) is 0 Å². The Bertz CT molecular complexity index is 631. The minimum absolute atomic E-state index is 0.157. The van der Waals surface area contributed by atoms with Gasteiger partial charge in [0.05, 0.1) is 0 Å². The lowest BCUT2D eigenvalue weighted by Gasteiger charge is -2.27. The maximum absolute atomic E-state index is 11.1. The van der Waals surface area contributed by atoms with Gasteiger partial charge in [-0.25, -0.2) is 0 Å². The molecule has 0 aliphatic rings. The number of carboxylic acid groups (broad SMARTS) is 1. The summed E-state index contributed by atoms with van der Waals surface area (Å²) < 4.78 is 0. The molecule has 0 radical (unpaired) electrons. The minimum atomic E-state index is -0.713. The second-order valence-electron chi connectivity index (χ2n) is 6.84. The summed E-state index contributed by atoms with van der Waals surface area (Å²) in [5, 5.41) is 9.09. The second-order valence-corrected chi connectivity index (χ2v) is 6.84. The van der Waals surface area contributed by atoms with Crippen LogP contribution in [-0.4, -0.2) is 11.1 Å². The molecule has 0 amide bonds. The van der Waals surface area contributed by atoms with E-state index in [1.807, 2.05) is 13.0 Å². The van der Waals surface area contributed by atoms with Crippen LogP contribution in [0.15, 0.2) is 54.6 Å². The Morgan fingerprint density at radius 2 is 1.58 bits per heavy atom. The zero-order chi connectivity index (χ0) is 17.5. The van der Waals surface area contributed by atoms with E-state index in [0.717, 1.165) is 12.8 Å². The third-order valence-electron chi connectivity index (χ3n) is 4.92. The van der Waals surface area contributed by atoms with E-state index < -0.39 is 5.97 Å². The summed E-state index contributed by atoms with van der Waals surface area (Å²) >= 11 is 0. The highest BCUT2D eigenvalue weighted by atomic mass is 16.4. The van der Waals surface area contributed by atoms with Crippen molar-refractivity contribution in [2.75, 3.05) is 0 Å². The topological polar surface area (TPSA) is 37.3 Å². The first-order valence-electron chi connectivity index (χ1n) is 8.86. The summed E-state index contributed by atoms with van der Waals surface area (Å²) in [6.07, 6.45) is 2.15. The van der Waals surface area contributed by atoms with Crippen molar-refractivity contribution in [1.29, 1.82) is 0 Å². The van der Waals surface area contributed by atoms with Gasteiger partial charge in [-0.2, -0.15) is 0 Å². The van der Waals surface area contributed by atoms with Gasteiger partial charge in [0.25, 0.3) is 0 Å². The highest BCUT2D eigenvalue weighted by Crippen LogP contribution is 2.38. The van der Waals surface area contributed by atoms with Crippen LogP contribution in [0.1, 0.15) is 62.1 Å². The zero-order valence-electron chi connectivity index (χ0n) is 14.9. The second kappa shape index (κ2) is 8.68. The lowest BCUT2D eigenvalue weighted by atomic mass is 9.77. The molecule has 0 saturated carbocycles. The predicted octanol–water partition coefficient (Wildman–Crippen LogP) is 5.64. The fourth-order valence-corrected chi connectivity index (χ4v) is 3.43. The number of benzene rings is 2. The number of rotatable bonds is 8. The smallest absolute Gasteiger partial charge is 0.303 e. The predicted molar refractivity (Wildman–Crippen MR) is 99.5 cm³/mol. The average molecular weight is 324 g/mol. The van der Waals surface area contributed by atoms with Crippen LogP contribution < -0.4 is 0 Å². The summed E-state index contributed by atoms with van der Waals surface area (Å²) in [4.78, 5) is 11.1. The summed E-state index contributed by atoms with van der Waals surface area (Å²) in [6, 6.07) is 19.3. The quantitative estimate of drug-likeness (QED) is 0.682. The van der Waals surface area contributed by atoms with Gasteiger partial charge in [0.15, 0.2) is 0 Å². The Balaban J connectivity index is 2.27. The molecule has 128 valence electrons. The normalized spacial score (nSPS) is 14.8. The number of hydrogen-bond acceptors (Lipinski definition) is 1.